The monoisotopic (exact) mass is 312 g/mol. The second-order valence-corrected chi connectivity index (χ2v) is 5.26. The fourth-order valence-electron chi connectivity index (χ4n) is 2.47. The van der Waals surface area contributed by atoms with E-state index in [1.807, 2.05) is 6.07 Å². The molecule has 7 nitrogen and oxygen atoms in total. The van der Waals surface area contributed by atoms with Gasteiger partial charge >= 0.3 is 0 Å². The molecule has 0 saturated carbocycles. The first kappa shape index (κ1) is 15.0. The predicted molar refractivity (Wildman–Crippen MR) is 81.9 cm³/mol. The van der Waals surface area contributed by atoms with Crippen LogP contribution in [0.1, 0.15) is 27.3 Å². The number of aromatic nitrogens is 2. The van der Waals surface area contributed by atoms with E-state index in [9.17, 15) is 9.59 Å². The van der Waals surface area contributed by atoms with Crippen molar-refractivity contribution in [1.29, 1.82) is 0 Å². The normalized spacial score (nSPS) is 17.0. The molecule has 7 heteroatoms. The smallest absolute Gasteiger partial charge is 0.267 e. The van der Waals surface area contributed by atoms with Crippen molar-refractivity contribution >= 4 is 11.8 Å². The van der Waals surface area contributed by atoms with Gasteiger partial charge in [0.2, 0.25) is 0 Å². The average molecular weight is 312 g/mol. The van der Waals surface area contributed by atoms with Crippen molar-refractivity contribution in [2.45, 2.75) is 12.5 Å². The lowest BCUT2D eigenvalue weighted by Crippen LogP contribution is -2.31. The topological polar surface area (TPSA) is 98.4 Å². The van der Waals surface area contributed by atoms with E-state index in [2.05, 4.69) is 9.97 Å². The van der Waals surface area contributed by atoms with Gasteiger partial charge in [-0.3, -0.25) is 19.6 Å². The molecule has 23 heavy (non-hydrogen) atoms. The van der Waals surface area contributed by atoms with E-state index >= 15 is 0 Å². The minimum Gasteiger partial charge on any atom is -0.487 e. The Morgan fingerprint density at radius 1 is 1.26 bits per heavy atom. The van der Waals surface area contributed by atoms with Crippen LogP contribution in [0.3, 0.4) is 0 Å². The molecule has 2 N–H and O–H groups in total. The highest BCUT2D eigenvalue weighted by molar-refractivity contribution is 5.95. The second kappa shape index (κ2) is 6.43. The molecule has 0 aromatic carbocycles. The molecule has 0 aliphatic carbocycles. The van der Waals surface area contributed by atoms with Crippen molar-refractivity contribution < 1.29 is 14.3 Å². The quantitative estimate of drug-likeness (QED) is 0.903. The Morgan fingerprint density at radius 3 is 2.78 bits per heavy atom. The summed E-state index contributed by atoms with van der Waals surface area (Å²) in [5.74, 6) is -0.0554. The van der Waals surface area contributed by atoms with E-state index < -0.39 is 5.91 Å². The molecular formula is C16H16N4O3. The summed E-state index contributed by atoms with van der Waals surface area (Å²) in [6.45, 7) is 1.12. The van der Waals surface area contributed by atoms with Crippen molar-refractivity contribution in [3.05, 3.63) is 54.1 Å². The van der Waals surface area contributed by atoms with E-state index in [1.54, 1.807) is 29.4 Å². The fraction of sp³-hybridized carbons (Fsp3) is 0.250. The molecule has 0 radical (unpaired) electrons. The van der Waals surface area contributed by atoms with Gasteiger partial charge in [-0.05, 0) is 24.3 Å². The lowest BCUT2D eigenvalue weighted by molar-refractivity contribution is 0.0771. The highest BCUT2D eigenvalue weighted by Crippen LogP contribution is 2.19. The number of hydrogen-bond donors (Lipinski definition) is 1. The average Bonchev–Trinajstić information content (AvgIpc) is 3.03. The number of likely N-dealkylation sites (tertiary alicyclic amines) is 1. The number of ether oxygens (including phenoxy) is 1. The fourth-order valence-corrected chi connectivity index (χ4v) is 2.47. The Labute approximate surface area is 133 Å². The van der Waals surface area contributed by atoms with Crippen LogP contribution in [0.2, 0.25) is 0 Å². The molecule has 2 aromatic rings. The number of nitrogens with two attached hydrogens (primary N) is 1. The van der Waals surface area contributed by atoms with Crippen LogP contribution in [0.25, 0.3) is 0 Å². The zero-order valence-corrected chi connectivity index (χ0v) is 12.4. The number of amides is 2. The minimum atomic E-state index is -0.616. The number of rotatable bonds is 4. The van der Waals surface area contributed by atoms with Gasteiger partial charge in [0, 0.05) is 25.4 Å². The molecule has 1 unspecified atom stereocenters. The summed E-state index contributed by atoms with van der Waals surface area (Å²) in [5.41, 5.74) is 5.70. The summed E-state index contributed by atoms with van der Waals surface area (Å²) >= 11 is 0. The molecule has 1 atom stereocenters. The summed E-state index contributed by atoms with van der Waals surface area (Å²) in [6.07, 6.45) is 5.41. The first-order valence-corrected chi connectivity index (χ1v) is 7.25. The molecule has 1 aliphatic heterocycles. The highest BCUT2D eigenvalue weighted by Gasteiger charge is 2.28. The molecule has 2 aromatic heterocycles. The zero-order valence-electron chi connectivity index (χ0n) is 12.4. The van der Waals surface area contributed by atoms with Crippen LogP contribution in [-0.2, 0) is 0 Å². The van der Waals surface area contributed by atoms with Crippen LogP contribution < -0.4 is 10.5 Å². The van der Waals surface area contributed by atoms with Crippen LogP contribution in [0.4, 0.5) is 0 Å². The third kappa shape index (κ3) is 3.45. The van der Waals surface area contributed by atoms with E-state index in [4.69, 9.17) is 10.5 Å². The molecule has 0 spiro atoms. The maximum absolute atomic E-state index is 12.4. The van der Waals surface area contributed by atoms with Gasteiger partial charge in [0.25, 0.3) is 11.8 Å². The molecule has 3 heterocycles. The third-order valence-electron chi connectivity index (χ3n) is 3.63. The largest absolute Gasteiger partial charge is 0.487 e. The second-order valence-electron chi connectivity index (χ2n) is 5.26. The SMILES string of the molecule is NC(=O)c1ccc(C(=O)N2CCC(Oc3cccnc3)C2)cn1. The number of pyridine rings is 2. The summed E-state index contributed by atoms with van der Waals surface area (Å²) in [7, 11) is 0. The van der Waals surface area contributed by atoms with Crippen LogP contribution >= 0.6 is 0 Å². The van der Waals surface area contributed by atoms with Crippen molar-refractivity contribution in [2.75, 3.05) is 13.1 Å². The standard InChI is InChI=1S/C16H16N4O3/c17-15(21)14-4-3-11(8-19-14)16(22)20-7-5-13(10-20)23-12-2-1-6-18-9-12/h1-4,6,8-9,13H,5,7,10H2,(H2,17,21). The molecule has 1 fully saturated rings. The lowest BCUT2D eigenvalue weighted by atomic mass is 10.2. The third-order valence-corrected chi connectivity index (χ3v) is 3.63. The predicted octanol–water partition coefficient (Wildman–Crippen LogP) is 0.869. The van der Waals surface area contributed by atoms with Gasteiger partial charge in [-0.25, -0.2) is 0 Å². The molecular weight excluding hydrogens is 296 g/mol. The van der Waals surface area contributed by atoms with E-state index in [-0.39, 0.29) is 17.7 Å². The maximum Gasteiger partial charge on any atom is 0.267 e. The van der Waals surface area contributed by atoms with Gasteiger partial charge in [0.15, 0.2) is 0 Å². The number of carbonyl (C=O) groups excluding carboxylic acids is 2. The molecule has 3 rings (SSSR count). The Kier molecular flexibility index (Phi) is 4.18. The summed E-state index contributed by atoms with van der Waals surface area (Å²) in [5, 5.41) is 0. The summed E-state index contributed by atoms with van der Waals surface area (Å²) in [6, 6.07) is 6.66. The van der Waals surface area contributed by atoms with Gasteiger partial charge in [-0.2, -0.15) is 0 Å². The van der Waals surface area contributed by atoms with Gasteiger partial charge in [0.1, 0.15) is 17.5 Å². The van der Waals surface area contributed by atoms with Crippen LogP contribution in [0, 0.1) is 0 Å². The van der Waals surface area contributed by atoms with Crippen LogP contribution in [0.5, 0.6) is 5.75 Å². The van der Waals surface area contributed by atoms with Gasteiger partial charge in [0.05, 0.1) is 18.3 Å². The van der Waals surface area contributed by atoms with Gasteiger partial charge in [-0.15, -0.1) is 0 Å². The zero-order chi connectivity index (χ0) is 16.2. The van der Waals surface area contributed by atoms with E-state index in [0.717, 1.165) is 6.42 Å². The van der Waals surface area contributed by atoms with Gasteiger partial charge < -0.3 is 15.4 Å². The molecule has 0 bridgehead atoms. The van der Waals surface area contributed by atoms with Crippen LogP contribution in [0.15, 0.2) is 42.9 Å². The summed E-state index contributed by atoms with van der Waals surface area (Å²) in [4.78, 5) is 33.0. The van der Waals surface area contributed by atoms with Crippen molar-refractivity contribution in [1.82, 2.24) is 14.9 Å². The number of nitrogens with zero attached hydrogens (tertiary/aromatic N) is 3. The Morgan fingerprint density at radius 2 is 2.13 bits per heavy atom. The number of hydrogen-bond acceptors (Lipinski definition) is 5. The summed E-state index contributed by atoms with van der Waals surface area (Å²) < 4.78 is 5.81. The number of primary amides is 1. The van der Waals surface area contributed by atoms with E-state index in [0.29, 0.717) is 24.4 Å². The van der Waals surface area contributed by atoms with Crippen LogP contribution in [-0.4, -0.2) is 45.9 Å². The first-order valence-electron chi connectivity index (χ1n) is 7.25. The van der Waals surface area contributed by atoms with Crippen molar-refractivity contribution in [2.24, 2.45) is 5.73 Å². The van der Waals surface area contributed by atoms with E-state index in [1.165, 1.54) is 12.3 Å². The maximum atomic E-state index is 12.4. The number of carbonyl (C=O) groups is 2. The van der Waals surface area contributed by atoms with Crippen molar-refractivity contribution in [3.8, 4) is 5.75 Å². The Balaban J connectivity index is 1.62. The Bertz CT molecular complexity index is 703. The highest BCUT2D eigenvalue weighted by atomic mass is 16.5. The Hall–Kier alpha value is -2.96. The molecule has 1 aliphatic rings. The first-order chi connectivity index (χ1) is 11.1. The molecule has 1 saturated heterocycles. The van der Waals surface area contributed by atoms with Crippen molar-refractivity contribution in [3.63, 3.8) is 0 Å². The van der Waals surface area contributed by atoms with Gasteiger partial charge in [-0.1, -0.05) is 0 Å². The molecule has 2 amide bonds. The lowest BCUT2D eigenvalue weighted by Gasteiger charge is -2.17. The minimum absolute atomic E-state index is 0.0546. The molecule has 118 valence electrons.